The number of rotatable bonds is 4. The molecule has 0 bridgehead atoms. The molecule has 1 amide bonds. The Bertz CT molecular complexity index is 430. The Hall–Kier alpha value is -1.26. The summed E-state index contributed by atoms with van der Waals surface area (Å²) in [5, 5.41) is 3.33. The van der Waals surface area contributed by atoms with Gasteiger partial charge in [0.15, 0.2) is 0 Å². The van der Waals surface area contributed by atoms with E-state index in [4.69, 9.17) is 17.3 Å². The molecule has 1 fully saturated rings. The highest BCUT2D eigenvalue weighted by Crippen LogP contribution is 2.22. The minimum atomic E-state index is 0.0172. The van der Waals surface area contributed by atoms with E-state index >= 15 is 0 Å². The lowest BCUT2D eigenvalue weighted by molar-refractivity contribution is -0.116. The number of hydrogen-bond acceptors (Lipinski definition) is 3. The summed E-state index contributed by atoms with van der Waals surface area (Å²) >= 11 is 5.82. The summed E-state index contributed by atoms with van der Waals surface area (Å²) in [6, 6.07) is 5.12. The van der Waals surface area contributed by atoms with Gasteiger partial charge < -0.3 is 16.0 Å². The van der Waals surface area contributed by atoms with Crippen LogP contribution in [0.5, 0.6) is 0 Å². The third kappa shape index (κ3) is 3.62. The fourth-order valence-electron chi connectivity index (χ4n) is 2.11. The van der Waals surface area contributed by atoms with Crippen molar-refractivity contribution in [3.8, 4) is 0 Å². The van der Waals surface area contributed by atoms with Gasteiger partial charge in [0, 0.05) is 18.7 Å². The Balaban J connectivity index is 1.80. The summed E-state index contributed by atoms with van der Waals surface area (Å²) in [7, 11) is 0. The van der Waals surface area contributed by atoms with Gasteiger partial charge >= 0.3 is 0 Å². The molecule has 5 heteroatoms. The number of nitrogens with one attached hydrogen (secondary N) is 1. The predicted octanol–water partition coefficient (Wildman–Crippen LogP) is 2.35. The second-order valence-electron chi connectivity index (χ2n) is 4.58. The molecular formula is C13H18ClN3O. The molecular weight excluding hydrogens is 250 g/mol. The minimum Gasteiger partial charge on any atom is -0.397 e. The Labute approximate surface area is 112 Å². The molecule has 0 aromatic heterocycles. The molecule has 1 heterocycles. The van der Waals surface area contributed by atoms with E-state index in [-0.39, 0.29) is 5.91 Å². The molecule has 2 rings (SSSR count). The number of carbonyl (C=O) groups is 1. The number of nitrogen functional groups attached to an aromatic ring is 1. The average molecular weight is 268 g/mol. The zero-order valence-corrected chi connectivity index (χ0v) is 11.0. The lowest BCUT2D eigenvalue weighted by Gasteiger charge is -2.14. The largest absolute Gasteiger partial charge is 0.397 e. The molecule has 0 unspecified atom stereocenters. The van der Waals surface area contributed by atoms with E-state index in [2.05, 4.69) is 10.2 Å². The van der Waals surface area contributed by atoms with E-state index in [0.29, 0.717) is 22.8 Å². The zero-order valence-electron chi connectivity index (χ0n) is 10.3. The van der Waals surface area contributed by atoms with E-state index < -0.39 is 0 Å². The van der Waals surface area contributed by atoms with Gasteiger partial charge in [-0.15, -0.1) is 0 Å². The third-order valence-corrected chi connectivity index (χ3v) is 3.48. The van der Waals surface area contributed by atoms with Crippen LogP contribution in [0.25, 0.3) is 0 Å². The fourth-order valence-corrected chi connectivity index (χ4v) is 2.23. The second kappa shape index (κ2) is 6.07. The maximum atomic E-state index is 11.8. The molecule has 4 nitrogen and oxygen atoms in total. The van der Waals surface area contributed by atoms with Crippen molar-refractivity contribution >= 4 is 28.9 Å². The summed E-state index contributed by atoms with van der Waals surface area (Å²) in [6.07, 6.45) is 3.01. The van der Waals surface area contributed by atoms with Crippen molar-refractivity contribution in [1.29, 1.82) is 0 Å². The van der Waals surface area contributed by atoms with Gasteiger partial charge in [0.2, 0.25) is 5.91 Å². The van der Waals surface area contributed by atoms with Crippen molar-refractivity contribution in [1.82, 2.24) is 4.90 Å². The van der Waals surface area contributed by atoms with E-state index in [1.54, 1.807) is 18.2 Å². The second-order valence-corrected chi connectivity index (χ2v) is 4.99. The number of benzene rings is 1. The molecule has 0 saturated carbocycles. The first-order valence-electron chi connectivity index (χ1n) is 6.22. The molecule has 0 atom stereocenters. The summed E-state index contributed by atoms with van der Waals surface area (Å²) in [5.41, 5.74) is 6.86. The topological polar surface area (TPSA) is 58.4 Å². The number of nitrogens with zero attached hydrogens (tertiary/aromatic N) is 1. The van der Waals surface area contributed by atoms with E-state index in [9.17, 15) is 4.79 Å². The SMILES string of the molecule is Nc1cc(NC(=O)CCN2CCCC2)ccc1Cl. The van der Waals surface area contributed by atoms with Gasteiger partial charge in [-0.3, -0.25) is 4.79 Å². The lowest BCUT2D eigenvalue weighted by Crippen LogP contribution is -2.25. The number of amides is 1. The normalized spacial score (nSPS) is 15.8. The standard InChI is InChI=1S/C13H18ClN3O/c14-11-4-3-10(9-12(11)15)16-13(18)5-8-17-6-1-2-7-17/h3-4,9H,1-2,5-8,15H2,(H,16,18). The van der Waals surface area contributed by atoms with Crippen molar-refractivity contribution in [2.24, 2.45) is 0 Å². The molecule has 3 N–H and O–H groups in total. The Morgan fingerprint density at radius 3 is 2.78 bits per heavy atom. The number of carbonyl (C=O) groups excluding carboxylic acids is 1. The van der Waals surface area contributed by atoms with Gasteiger partial charge in [-0.1, -0.05) is 11.6 Å². The Morgan fingerprint density at radius 1 is 1.39 bits per heavy atom. The number of likely N-dealkylation sites (tertiary alicyclic amines) is 1. The highest BCUT2D eigenvalue weighted by molar-refractivity contribution is 6.33. The summed E-state index contributed by atoms with van der Waals surface area (Å²) in [6.45, 7) is 3.05. The number of nitrogens with two attached hydrogens (primary N) is 1. The average Bonchev–Trinajstić information content (AvgIpc) is 2.84. The number of anilines is 2. The van der Waals surface area contributed by atoms with Crippen molar-refractivity contribution in [3.63, 3.8) is 0 Å². The zero-order chi connectivity index (χ0) is 13.0. The maximum absolute atomic E-state index is 11.8. The van der Waals surface area contributed by atoms with Gasteiger partial charge in [-0.25, -0.2) is 0 Å². The summed E-state index contributed by atoms with van der Waals surface area (Å²) in [4.78, 5) is 14.1. The Morgan fingerprint density at radius 2 is 2.11 bits per heavy atom. The highest BCUT2D eigenvalue weighted by atomic mass is 35.5. The van der Waals surface area contributed by atoms with Crippen LogP contribution in [0, 0.1) is 0 Å². The summed E-state index contributed by atoms with van der Waals surface area (Å²) < 4.78 is 0. The van der Waals surface area contributed by atoms with E-state index in [0.717, 1.165) is 19.6 Å². The number of halogens is 1. The molecule has 1 aromatic carbocycles. The monoisotopic (exact) mass is 267 g/mol. The van der Waals surface area contributed by atoms with Crippen LogP contribution in [0.15, 0.2) is 18.2 Å². The molecule has 98 valence electrons. The van der Waals surface area contributed by atoms with Crippen molar-refractivity contribution in [2.45, 2.75) is 19.3 Å². The summed E-state index contributed by atoms with van der Waals surface area (Å²) in [5.74, 6) is 0.0172. The minimum absolute atomic E-state index is 0.0172. The first-order chi connectivity index (χ1) is 8.65. The highest BCUT2D eigenvalue weighted by Gasteiger charge is 2.12. The van der Waals surface area contributed by atoms with Crippen molar-refractivity contribution < 1.29 is 4.79 Å². The van der Waals surface area contributed by atoms with Crippen molar-refractivity contribution in [3.05, 3.63) is 23.2 Å². The van der Waals surface area contributed by atoms with Crippen molar-refractivity contribution in [2.75, 3.05) is 30.7 Å². The van der Waals surface area contributed by atoms with E-state index in [1.165, 1.54) is 12.8 Å². The molecule has 0 aliphatic carbocycles. The maximum Gasteiger partial charge on any atom is 0.225 e. The van der Waals surface area contributed by atoms with Crippen LogP contribution in [0.1, 0.15) is 19.3 Å². The smallest absolute Gasteiger partial charge is 0.225 e. The van der Waals surface area contributed by atoms with Gasteiger partial charge in [0.1, 0.15) is 0 Å². The van der Waals surface area contributed by atoms with Crippen LogP contribution in [0.3, 0.4) is 0 Å². The van der Waals surface area contributed by atoms with Crippen LogP contribution < -0.4 is 11.1 Å². The van der Waals surface area contributed by atoms with E-state index in [1.807, 2.05) is 0 Å². The van der Waals surface area contributed by atoms with Gasteiger partial charge in [-0.05, 0) is 44.1 Å². The first-order valence-corrected chi connectivity index (χ1v) is 6.60. The molecule has 0 radical (unpaired) electrons. The molecule has 1 aliphatic rings. The van der Waals surface area contributed by atoms with Gasteiger partial charge in [-0.2, -0.15) is 0 Å². The van der Waals surface area contributed by atoms with Crippen LogP contribution in [0.4, 0.5) is 11.4 Å². The fraction of sp³-hybridized carbons (Fsp3) is 0.462. The van der Waals surface area contributed by atoms with Crippen LogP contribution in [0.2, 0.25) is 5.02 Å². The van der Waals surface area contributed by atoms with Gasteiger partial charge in [0.05, 0.1) is 10.7 Å². The third-order valence-electron chi connectivity index (χ3n) is 3.13. The quantitative estimate of drug-likeness (QED) is 0.824. The molecule has 18 heavy (non-hydrogen) atoms. The molecule has 1 saturated heterocycles. The first kappa shape index (κ1) is 13.2. The lowest BCUT2D eigenvalue weighted by atomic mass is 10.2. The van der Waals surface area contributed by atoms with Crippen LogP contribution >= 0.6 is 11.6 Å². The molecule has 0 spiro atoms. The van der Waals surface area contributed by atoms with Crippen LogP contribution in [-0.4, -0.2) is 30.4 Å². The van der Waals surface area contributed by atoms with Crippen LogP contribution in [-0.2, 0) is 4.79 Å². The Kier molecular flexibility index (Phi) is 4.44. The predicted molar refractivity (Wildman–Crippen MR) is 74.8 cm³/mol. The van der Waals surface area contributed by atoms with Gasteiger partial charge in [0.25, 0.3) is 0 Å². The molecule has 1 aliphatic heterocycles. The molecule has 1 aromatic rings. The number of hydrogen-bond donors (Lipinski definition) is 2.